The number of amides is 1. The predicted molar refractivity (Wildman–Crippen MR) is 139 cm³/mol. The average molecular weight is 566 g/mol. The number of carbonyl (C=O) groups is 1. The average Bonchev–Trinajstić information content (AvgIpc) is 2.93. The van der Waals surface area contributed by atoms with Crippen LogP contribution in [0.25, 0.3) is 0 Å². The first-order chi connectivity index (χ1) is 18.9. The van der Waals surface area contributed by atoms with Crippen molar-refractivity contribution in [1.82, 2.24) is 9.80 Å². The van der Waals surface area contributed by atoms with Crippen LogP contribution in [0.1, 0.15) is 27.0 Å². The minimum absolute atomic E-state index is 0.109. The van der Waals surface area contributed by atoms with Crippen molar-refractivity contribution in [2.75, 3.05) is 51.3 Å². The molecule has 5 nitrogen and oxygen atoms in total. The number of anilines is 1. The van der Waals surface area contributed by atoms with Crippen molar-refractivity contribution in [2.24, 2.45) is 0 Å². The van der Waals surface area contributed by atoms with Crippen LogP contribution >= 0.6 is 0 Å². The quantitative estimate of drug-likeness (QED) is 0.305. The summed E-state index contributed by atoms with van der Waals surface area (Å²) in [6.07, 6.45) is -8.73. The lowest BCUT2D eigenvalue weighted by molar-refractivity contribution is -0.138. The lowest BCUT2D eigenvalue weighted by Gasteiger charge is -2.34. The second-order valence-corrected chi connectivity index (χ2v) is 9.60. The van der Waals surface area contributed by atoms with Crippen LogP contribution in [0, 0.1) is 0 Å². The number of rotatable bonds is 8. The Hall–Kier alpha value is -3.73. The highest BCUT2D eigenvalue weighted by Crippen LogP contribution is 2.31. The Balaban J connectivity index is 1.20. The number of nitrogens with zero attached hydrogens (tertiary/aromatic N) is 3. The molecule has 11 heteroatoms. The Kier molecular flexibility index (Phi) is 8.92. The Morgan fingerprint density at radius 3 is 1.82 bits per heavy atom. The highest BCUT2D eigenvalue weighted by atomic mass is 19.4. The summed E-state index contributed by atoms with van der Waals surface area (Å²) in [7, 11) is 1.76. The Morgan fingerprint density at radius 1 is 0.775 bits per heavy atom. The highest BCUT2D eigenvalue weighted by molar-refractivity contribution is 5.94. The zero-order chi connectivity index (χ0) is 28.9. The van der Waals surface area contributed by atoms with Crippen LogP contribution in [0.2, 0.25) is 0 Å². The molecule has 0 N–H and O–H groups in total. The van der Waals surface area contributed by atoms with E-state index in [0.717, 1.165) is 29.8 Å². The summed E-state index contributed by atoms with van der Waals surface area (Å²) in [6.45, 7) is 3.50. The molecule has 1 amide bonds. The molecule has 0 saturated carbocycles. The van der Waals surface area contributed by atoms with Crippen LogP contribution < -0.4 is 9.64 Å². The van der Waals surface area contributed by atoms with E-state index in [9.17, 15) is 31.1 Å². The number of hydrogen-bond acceptors (Lipinski definition) is 4. The molecule has 0 radical (unpaired) electrons. The van der Waals surface area contributed by atoms with E-state index in [4.69, 9.17) is 4.74 Å². The van der Waals surface area contributed by atoms with Crippen molar-refractivity contribution in [3.8, 4) is 5.75 Å². The van der Waals surface area contributed by atoms with Crippen LogP contribution in [0.4, 0.5) is 32.0 Å². The van der Waals surface area contributed by atoms with Gasteiger partial charge < -0.3 is 14.5 Å². The van der Waals surface area contributed by atoms with Gasteiger partial charge in [-0.25, -0.2) is 0 Å². The fraction of sp³-hybridized carbons (Fsp3) is 0.345. The van der Waals surface area contributed by atoms with Gasteiger partial charge >= 0.3 is 12.4 Å². The van der Waals surface area contributed by atoms with Gasteiger partial charge in [0.1, 0.15) is 12.4 Å². The second kappa shape index (κ2) is 12.2. The fourth-order valence-electron chi connectivity index (χ4n) is 4.38. The molecule has 214 valence electrons. The van der Waals surface area contributed by atoms with E-state index in [-0.39, 0.29) is 5.91 Å². The van der Waals surface area contributed by atoms with E-state index >= 15 is 0 Å². The van der Waals surface area contributed by atoms with Crippen molar-refractivity contribution >= 4 is 11.6 Å². The van der Waals surface area contributed by atoms with E-state index < -0.39 is 23.5 Å². The van der Waals surface area contributed by atoms with E-state index in [1.165, 1.54) is 24.3 Å². The van der Waals surface area contributed by atoms with E-state index in [1.54, 1.807) is 41.1 Å². The summed E-state index contributed by atoms with van der Waals surface area (Å²) < 4.78 is 82.2. The molecule has 1 aliphatic rings. The molecule has 1 heterocycles. The van der Waals surface area contributed by atoms with Crippen LogP contribution in [0.15, 0.2) is 72.8 Å². The molecule has 0 atom stereocenters. The molecule has 0 spiro atoms. The largest absolute Gasteiger partial charge is 0.492 e. The van der Waals surface area contributed by atoms with Gasteiger partial charge in [0.25, 0.3) is 5.91 Å². The van der Waals surface area contributed by atoms with Gasteiger partial charge in [0.05, 0.1) is 17.7 Å². The fourth-order valence-corrected chi connectivity index (χ4v) is 4.38. The van der Waals surface area contributed by atoms with Gasteiger partial charge in [-0.1, -0.05) is 12.1 Å². The normalized spacial score (nSPS) is 14.7. The smallest absolute Gasteiger partial charge is 0.416 e. The van der Waals surface area contributed by atoms with Gasteiger partial charge in [-0.3, -0.25) is 9.69 Å². The van der Waals surface area contributed by atoms with Crippen molar-refractivity contribution in [2.45, 2.75) is 18.9 Å². The Bertz CT molecular complexity index is 1250. The highest BCUT2D eigenvalue weighted by Gasteiger charge is 2.31. The summed E-state index contributed by atoms with van der Waals surface area (Å²) in [6, 6.07) is 16.8. The van der Waals surface area contributed by atoms with Gasteiger partial charge in [0.2, 0.25) is 0 Å². The van der Waals surface area contributed by atoms with E-state index in [2.05, 4.69) is 4.90 Å². The maximum atomic E-state index is 12.9. The summed E-state index contributed by atoms with van der Waals surface area (Å²) >= 11 is 0. The van der Waals surface area contributed by atoms with Gasteiger partial charge in [-0.15, -0.1) is 0 Å². The van der Waals surface area contributed by atoms with Crippen LogP contribution in [0.3, 0.4) is 0 Å². The molecule has 0 bridgehead atoms. The maximum Gasteiger partial charge on any atom is 0.416 e. The molecule has 40 heavy (non-hydrogen) atoms. The number of alkyl halides is 6. The molecular formula is C29H29F6N3O2. The van der Waals surface area contributed by atoms with Gasteiger partial charge in [-0.2, -0.15) is 26.3 Å². The standard InChI is InChI=1S/C29H29F6N3O2/c1-36(25-10-8-24(9-11-25)29(33,34)35)18-19-40-26-12-4-22(5-13-26)27(39)38-16-14-37(15-17-38)20-21-2-6-23(7-3-21)28(30,31)32/h2-13H,14-20H2,1H3. The molecule has 4 rings (SSSR count). The molecule has 3 aromatic rings. The summed E-state index contributed by atoms with van der Waals surface area (Å²) in [5.41, 5.74) is 0.570. The number of likely N-dealkylation sites (N-methyl/N-ethyl adjacent to an activating group) is 1. The first kappa shape index (κ1) is 29.3. The molecule has 1 aliphatic heterocycles. The number of carbonyl (C=O) groups excluding carboxylic acids is 1. The summed E-state index contributed by atoms with van der Waals surface area (Å²) in [5.74, 6) is 0.460. The minimum Gasteiger partial charge on any atom is -0.492 e. The van der Waals surface area contributed by atoms with Crippen molar-refractivity contribution in [3.63, 3.8) is 0 Å². The predicted octanol–water partition coefficient (Wildman–Crippen LogP) is 6.20. The van der Waals surface area contributed by atoms with Crippen LogP contribution in [-0.4, -0.2) is 62.1 Å². The molecule has 0 aliphatic carbocycles. The second-order valence-electron chi connectivity index (χ2n) is 9.60. The summed E-state index contributed by atoms with van der Waals surface area (Å²) in [5, 5.41) is 0. The third-order valence-electron chi connectivity index (χ3n) is 6.78. The van der Waals surface area contributed by atoms with Crippen molar-refractivity contribution < 1.29 is 35.9 Å². The van der Waals surface area contributed by atoms with Crippen molar-refractivity contribution in [1.29, 1.82) is 0 Å². The number of hydrogen-bond donors (Lipinski definition) is 0. The Labute approximate surface area is 228 Å². The van der Waals surface area contributed by atoms with E-state index in [0.29, 0.717) is 62.9 Å². The molecule has 0 aromatic heterocycles. The van der Waals surface area contributed by atoms with Gasteiger partial charge in [0, 0.05) is 51.0 Å². The molecule has 1 saturated heterocycles. The molecule has 3 aromatic carbocycles. The van der Waals surface area contributed by atoms with Gasteiger partial charge in [-0.05, 0) is 66.2 Å². The van der Waals surface area contributed by atoms with Gasteiger partial charge in [0.15, 0.2) is 0 Å². The zero-order valence-corrected chi connectivity index (χ0v) is 21.8. The third kappa shape index (κ3) is 7.68. The number of benzene rings is 3. The first-order valence-corrected chi connectivity index (χ1v) is 12.7. The van der Waals surface area contributed by atoms with Crippen LogP contribution in [-0.2, 0) is 18.9 Å². The lowest BCUT2D eigenvalue weighted by Crippen LogP contribution is -2.48. The maximum absolute atomic E-state index is 12.9. The SMILES string of the molecule is CN(CCOc1ccc(C(=O)N2CCN(Cc3ccc(C(F)(F)F)cc3)CC2)cc1)c1ccc(C(F)(F)F)cc1. The number of piperazine rings is 1. The van der Waals surface area contributed by atoms with E-state index in [1.807, 2.05) is 0 Å². The summed E-state index contributed by atoms with van der Waals surface area (Å²) in [4.78, 5) is 18.6. The number of halogens is 6. The first-order valence-electron chi connectivity index (χ1n) is 12.7. The molecule has 0 unspecified atom stereocenters. The Morgan fingerprint density at radius 2 is 1.30 bits per heavy atom. The molecule has 1 fully saturated rings. The molecular weight excluding hydrogens is 536 g/mol. The zero-order valence-electron chi connectivity index (χ0n) is 21.8. The lowest BCUT2D eigenvalue weighted by atomic mass is 10.1. The topological polar surface area (TPSA) is 36.0 Å². The number of ether oxygens (including phenoxy) is 1. The van der Waals surface area contributed by atoms with Crippen LogP contribution in [0.5, 0.6) is 5.75 Å². The monoisotopic (exact) mass is 565 g/mol. The minimum atomic E-state index is -4.37. The van der Waals surface area contributed by atoms with Crippen molar-refractivity contribution in [3.05, 3.63) is 95.1 Å². The third-order valence-corrected chi connectivity index (χ3v) is 6.78.